The third-order valence-corrected chi connectivity index (χ3v) is 4.44. The third kappa shape index (κ3) is 4.05. The predicted octanol–water partition coefficient (Wildman–Crippen LogP) is 5.61. The molecular weight excluding hydrogens is 306 g/mol. The van der Waals surface area contributed by atoms with Gasteiger partial charge in [-0.1, -0.05) is 49.6 Å². The van der Waals surface area contributed by atoms with Crippen molar-refractivity contribution in [2.24, 2.45) is 4.99 Å². The molecule has 0 aliphatic heterocycles. The van der Waals surface area contributed by atoms with E-state index < -0.39 is 5.92 Å². The van der Waals surface area contributed by atoms with Gasteiger partial charge in [-0.15, -0.1) is 0 Å². The summed E-state index contributed by atoms with van der Waals surface area (Å²) >= 11 is 0. The summed E-state index contributed by atoms with van der Waals surface area (Å²) in [5.41, 5.74) is 1.74. The summed E-state index contributed by atoms with van der Waals surface area (Å²) in [5, 5.41) is 0. The topological polar surface area (TPSA) is 25.2 Å². The summed E-state index contributed by atoms with van der Waals surface area (Å²) < 4.78 is 27.7. The minimum absolute atomic E-state index is 0.00105. The Morgan fingerprint density at radius 1 is 1.04 bits per heavy atom. The standard InChI is InChI=1S/C20H22F2N2/c1-20(21,22)18-12-6-5-11-17(18)19-13-7-10-16(24-19)14-23-15-8-3-2-4-9-15/h5-7,10-15H,2-4,8-9H2,1H3. The fourth-order valence-corrected chi connectivity index (χ4v) is 3.17. The van der Waals surface area contributed by atoms with E-state index in [-0.39, 0.29) is 5.56 Å². The minimum Gasteiger partial charge on any atom is -0.288 e. The Morgan fingerprint density at radius 3 is 2.54 bits per heavy atom. The Balaban J connectivity index is 1.87. The highest BCUT2D eigenvalue weighted by molar-refractivity contribution is 5.79. The van der Waals surface area contributed by atoms with E-state index in [1.54, 1.807) is 30.5 Å². The number of benzene rings is 1. The molecule has 0 N–H and O–H groups in total. The third-order valence-electron chi connectivity index (χ3n) is 4.44. The van der Waals surface area contributed by atoms with E-state index in [1.165, 1.54) is 25.3 Å². The van der Waals surface area contributed by atoms with Gasteiger partial charge in [-0.25, -0.2) is 13.8 Å². The number of alkyl halides is 2. The molecule has 0 radical (unpaired) electrons. The largest absolute Gasteiger partial charge is 0.288 e. The zero-order valence-corrected chi connectivity index (χ0v) is 13.9. The van der Waals surface area contributed by atoms with Gasteiger partial charge in [-0.2, -0.15) is 0 Å². The number of pyridine rings is 1. The average Bonchev–Trinajstić information content (AvgIpc) is 2.60. The molecule has 1 fully saturated rings. The van der Waals surface area contributed by atoms with Crippen molar-refractivity contribution < 1.29 is 8.78 Å². The van der Waals surface area contributed by atoms with Crippen LogP contribution in [0.25, 0.3) is 11.3 Å². The molecule has 1 aliphatic rings. The molecule has 0 spiro atoms. The molecule has 1 aromatic carbocycles. The minimum atomic E-state index is -2.90. The molecular formula is C20H22F2N2. The average molecular weight is 328 g/mol. The van der Waals surface area contributed by atoms with E-state index in [4.69, 9.17) is 0 Å². The van der Waals surface area contributed by atoms with Gasteiger partial charge in [0.05, 0.1) is 17.4 Å². The van der Waals surface area contributed by atoms with Gasteiger partial charge in [0.2, 0.25) is 0 Å². The molecule has 3 rings (SSSR count). The molecule has 0 amide bonds. The van der Waals surface area contributed by atoms with Crippen molar-refractivity contribution in [3.05, 3.63) is 53.7 Å². The van der Waals surface area contributed by atoms with Crippen molar-refractivity contribution in [2.45, 2.75) is 51.0 Å². The van der Waals surface area contributed by atoms with Gasteiger partial charge in [-0.05, 0) is 25.0 Å². The van der Waals surface area contributed by atoms with Crippen LogP contribution in [0.2, 0.25) is 0 Å². The number of hydrogen-bond donors (Lipinski definition) is 0. The van der Waals surface area contributed by atoms with Gasteiger partial charge in [0, 0.05) is 24.3 Å². The lowest BCUT2D eigenvalue weighted by atomic mass is 9.96. The molecule has 1 saturated carbocycles. The van der Waals surface area contributed by atoms with Crippen LogP contribution in [0.5, 0.6) is 0 Å². The summed E-state index contributed by atoms with van der Waals surface area (Å²) in [6.45, 7) is 0.917. The van der Waals surface area contributed by atoms with Crippen LogP contribution >= 0.6 is 0 Å². The Bertz CT molecular complexity index is 714. The molecule has 0 atom stereocenters. The van der Waals surface area contributed by atoms with Crippen LogP contribution in [-0.2, 0) is 5.92 Å². The second kappa shape index (κ2) is 7.20. The van der Waals surface area contributed by atoms with E-state index in [0.717, 1.165) is 19.8 Å². The van der Waals surface area contributed by atoms with Crippen LogP contribution in [0.3, 0.4) is 0 Å². The SMILES string of the molecule is CC(F)(F)c1ccccc1-c1cccc(C=NC2CCCCC2)n1. The maximum absolute atomic E-state index is 13.8. The molecule has 1 aliphatic carbocycles. The van der Waals surface area contributed by atoms with Gasteiger partial charge in [-0.3, -0.25) is 4.99 Å². The zero-order valence-electron chi connectivity index (χ0n) is 13.9. The number of aliphatic imine (C=N–C) groups is 1. The van der Waals surface area contributed by atoms with Crippen molar-refractivity contribution in [2.75, 3.05) is 0 Å². The highest BCUT2D eigenvalue weighted by Crippen LogP contribution is 2.34. The summed E-state index contributed by atoms with van der Waals surface area (Å²) in [6.07, 6.45) is 7.79. The van der Waals surface area contributed by atoms with Crippen LogP contribution in [0.1, 0.15) is 50.3 Å². The van der Waals surface area contributed by atoms with E-state index in [9.17, 15) is 8.78 Å². The van der Waals surface area contributed by atoms with E-state index in [2.05, 4.69) is 9.98 Å². The first-order valence-electron chi connectivity index (χ1n) is 8.52. The molecule has 1 aromatic heterocycles. The first-order valence-corrected chi connectivity index (χ1v) is 8.52. The van der Waals surface area contributed by atoms with Crippen molar-refractivity contribution in [3.63, 3.8) is 0 Å². The Hall–Kier alpha value is -2.10. The van der Waals surface area contributed by atoms with Gasteiger partial charge < -0.3 is 0 Å². The smallest absolute Gasteiger partial charge is 0.271 e. The highest BCUT2D eigenvalue weighted by atomic mass is 19.3. The van der Waals surface area contributed by atoms with Gasteiger partial charge in [0.15, 0.2) is 0 Å². The number of nitrogens with zero attached hydrogens (tertiary/aromatic N) is 2. The lowest BCUT2D eigenvalue weighted by Crippen LogP contribution is -2.10. The summed E-state index contributed by atoms with van der Waals surface area (Å²) in [6, 6.07) is 12.4. The fraction of sp³-hybridized carbons (Fsp3) is 0.400. The van der Waals surface area contributed by atoms with Crippen LogP contribution in [0.15, 0.2) is 47.5 Å². The Labute approximate surface area is 141 Å². The molecule has 2 aromatic rings. The number of halogens is 2. The monoisotopic (exact) mass is 328 g/mol. The molecule has 0 unspecified atom stereocenters. The van der Waals surface area contributed by atoms with Crippen molar-refractivity contribution in [1.82, 2.24) is 4.98 Å². The number of aromatic nitrogens is 1. The number of hydrogen-bond acceptors (Lipinski definition) is 2. The number of rotatable bonds is 4. The van der Waals surface area contributed by atoms with Crippen molar-refractivity contribution in [3.8, 4) is 11.3 Å². The fourth-order valence-electron chi connectivity index (χ4n) is 3.17. The summed E-state index contributed by atoms with van der Waals surface area (Å²) in [5.74, 6) is -2.90. The molecule has 126 valence electrons. The van der Waals surface area contributed by atoms with Gasteiger partial charge in [0.25, 0.3) is 5.92 Å². The second-order valence-corrected chi connectivity index (χ2v) is 6.45. The predicted molar refractivity (Wildman–Crippen MR) is 93.7 cm³/mol. The lowest BCUT2D eigenvalue weighted by Gasteiger charge is -2.17. The molecule has 2 nitrogen and oxygen atoms in total. The van der Waals surface area contributed by atoms with Crippen molar-refractivity contribution in [1.29, 1.82) is 0 Å². The van der Waals surface area contributed by atoms with Crippen molar-refractivity contribution >= 4 is 6.21 Å². The van der Waals surface area contributed by atoms with Crippen LogP contribution in [0.4, 0.5) is 8.78 Å². The molecule has 0 bridgehead atoms. The summed E-state index contributed by atoms with van der Waals surface area (Å²) in [4.78, 5) is 9.14. The maximum atomic E-state index is 13.8. The van der Waals surface area contributed by atoms with Crippen LogP contribution < -0.4 is 0 Å². The first-order chi connectivity index (χ1) is 11.5. The normalized spacial score (nSPS) is 16.6. The molecule has 24 heavy (non-hydrogen) atoms. The van der Waals surface area contributed by atoms with E-state index in [0.29, 0.717) is 23.0 Å². The Kier molecular flexibility index (Phi) is 5.03. The van der Waals surface area contributed by atoms with Crippen LogP contribution in [-0.4, -0.2) is 17.2 Å². The molecule has 4 heteroatoms. The van der Waals surface area contributed by atoms with E-state index in [1.807, 2.05) is 12.1 Å². The van der Waals surface area contributed by atoms with Gasteiger partial charge in [0.1, 0.15) is 0 Å². The second-order valence-electron chi connectivity index (χ2n) is 6.45. The first kappa shape index (κ1) is 16.7. The Morgan fingerprint density at radius 2 is 1.79 bits per heavy atom. The lowest BCUT2D eigenvalue weighted by molar-refractivity contribution is 0.0181. The highest BCUT2D eigenvalue weighted by Gasteiger charge is 2.27. The van der Waals surface area contributed by atoms with E-state index >= 15 is 0 Å². The quantitative estimate of drug-likeness (QED) is 0.669. The summed E-state index contributed by atoms with van der Waals surface area (Å²) in [7, 11) is 0. The maximum Gasteiger partial charge on any atom is 0.271 e. The van der Waals surface area contributed by atoms with Crippen LogP contribution in [0, 0.1) is 0 Å². The zero-order chi connectivity index (χ0) is 17.0. The van der Waals surface area contributed by atoms with Gasteiger partial charge >= 0.3 is 0 Å². The molecule has 1 heterocycles. The molecule has 0 saturated heterocycles.